The van der Waals surface area contributed by atoms with Gasteiger partial charge in [0.15, 0.2) is 0 Å². The van der Waals surface area contributed by atoms with Crippen LogP contribution in [0.15, 0.2) is 54.7 Å². The molecule has 0 unspecified atom stereocenters. The number of nitrogens with zero attached hydrogens (tertiary/aromatic N) is 1. The van der Waals surface area contributed by atoms with Crippen molar-refractivity contribution >= 4 is 0 Å². The van der Waals surface area contributed by atoms with Gasteiger partial charge in [-0.3, -0.25) is 4.98 Å². The van der Waals surface area contributed by atoms with Gasteiger partial charge in [0, 0.05) is 23.2 Å². The minimum absolute atomic E-state index is 0.230. The van der Waals surface area contributed by atoms with Crippen molar-refractivity contribution in [3.63, 3.8) is 0 Å². The molecule has 0 radical (unpaired) electrons. The molecule has 3 rings (SSSR count). The van der Waals surface area contributed by atoms with Gasteiger partial charge in [-0.2, -0.15) is 0 Å². The summed E-state index contributed by atoms with van der Waals surface area (Å²) in [5.41, 5.74) is 2.70. The molecule has 1 nitrogen and oxygen atoms in total. The van der Waals surface area contributed by atoms with Gasteiger partial charge in [-0.1, -0.05) is 37.3 Å². The van der Waals surface area contributed by atoms with Crippen LogP contribution in [0.5, 0.6) is 0 Å². The van der Waals surface area contributed by atoms with Crippen molar-refractivity contribution in [3.8, 4) is 23.1 Å². The lowest BCUT2D eigenvalue weighted by molar-refractivity contribution is 0.364. The average Bonchev–Trinajstić information content (AvgIpc) is 2.69. The van der Waals surface area contributed by atoms with E-state index in [0.29, 0.717) is 5.92 Å². The Morgan fingerprint density at radius 2 is 1.85 bits per heavy atom. The molecule has 0 N–H and O–H groups in total. The monoisotopic (exact) mass is 347 g/mol. The second kappa shape index (κ2) is 9.34. The summed E-state index contributed by atoms with van der Waals surface area (Å²) in [6.45, 7) is 2.22. The van der Waals surface area contributed by atoms with E-state index >= 15 is 0 Å². The minimum atomic E-state index is -0.230. The Labute approximate surface area is 156 Å². The van der Waals surface area contributed by atoms with Gasteiger partial charge in [-0.25, -0.2) is 4.39 Å². The SMILES string of the molecule is CCCC=C[C@H]1CC[C@H](C#Cc2ccc(-c3ccc(F)cc3)nc2)CC1. The second-order valence-electron chi connectivity index (χ2n) is 7.04. The molecule has 2 heteroatoms. The van der Waals surface area contributed by atoms with E-state index in [1.807, 2.05) is 18.3 Å². The molecule has 1 saturated carbocycles. The summed E-state index contributed by atoms with van der Waals surface area (Å²) in [6, 6.07) is 10.4. The molecule has 0 saturated heterocycles. The van der Waals surface area contributed by atoms with Crippen molar-refractivity contribution in [3.05, 3.63) is 66.1 Å². The second-order valence-corrected chi connectivity index (χ2v) is 7.04. The van der Waals surface area contributed by atoms with Gasteiger partial charge in [-0.15, -0.1) is 0 Å². The average molecular weight is 347 g/mol. The van der Waals surface area contributed by atoms with Gasteiger partial charge < -0.3 is 0 Å². The number of hydrogen-bond donors (Lipinski definition) is 0. The topological polar surface area (TPSA) is 12.9 Å². The molecule has 1 aromatic heterocycles. The predicted octanol–water partition coefficient (Wildman–Crippen LogP) is 6.40. The first-order valence-corrected chi connectivity index (χ1v) is 9.65. The number of halogens is 1. The standard InChI is InChI=1S/C24H26FN/c1-2-3-4-5-19-6-8-20(9-7-19)10-11-21-12-17-24(26-18-21)22-13-15-23(25)16-14-22/h4-5,12-20H,2-3,6-9H2,1H3/t19-,20-. The smallest absolute Gasteiger partial charge is 0.123 e. The normalized spacial score (nSPS) is 19.9. The molecule has 0 atom stereocenters. The summed E-state index contributed by atoms with van der Waals surface area (Å²) in [4.78, 5) is 4.46. The summed E-state index contributed by atoms with van der Waals surface area (Å²) >= 11 is 0. The molecule has 0 amide bonds. The number of hydrogen-bond acceptors (Lipinski definition) is 1. The molecule has 0 spiro atoms. The summed E-state index contributed by atoms with van der Waals surface area (Å²) in [7, 11) is 0. The summed E-state index contributed by atoms with van der Waals surface area (Å²) in [5, 5.41) is 0. The lowest BCUT2D eigenvalue weighted by atomic mass is 9.82. The number of unbranched alkanes of at least 4 members (excludes halogenated alkanes) is 1. The third-order valence-electron chi connectivity index (χ3n) is 4.96. The summed E-state index contributed by atoms with van der Waals surface area (Å²) < 4.78 is 13.0. The molecule has 0 bridgehead atoms. The maximum absolute atomic E-state index is 13.0. The van der Waals surface area contributed by atoms with Crippen molar-refractivity contribution in [2.45, 2.75) is 45.4 Å². The highest BCUT2D eigenvalue weighted by Gasteiger charge is 2.17. The molecule has 26 heavy (non-hydrogen) atoms. The van der Waals surface area contributed by atoms with Gasteiger partial charge in [0.2, 0.25) is 0 Å². The number of pyridine rings is 1. The third-order valence-corrected chi connectivity index (χ3v) is 4.96. The van der Waals surface area contributed by atoms with Crippen LogP contribution in [0.4, 0.5) is 4.39 Å². The lowest BCUT2D eigenvalue weighted by Gasteiger charge is -2.23. The quantitative estimate of drug-likeness (QED) is 0.460. The van der Waals surface area contributed by atoms with Gasteiger partial charge in [0.05, 0.1) is 5.69 Å². The van der Waals surface area contributed by atoms with Crippen molar-refractivity contribution in [1.29, 1.82) is 0 Å². The minimum Gasteiger partial charge on any atom is -0.255 e. The maximum atomic E-state index is 13.0. The van der Waals surface area contributed by atoms with Crippen LogP contribution in [-0.2, 0) is 0 Å². The largest absolute Gasteiger partial charge is 0.255 e. The third kappa shape index (κ3) is 5.30. The van der Waals surface area contributed by atoms with E-state index in [4.69, 9.17) is 0 Å². The van der Waals surface area contributed by atoms with Crippen molar-refractivity contribution < 1.29 is 4.39 Å². The fourth-order valence-electron chi connectivity index (χ4n) is 3.36. The van der Waals surface area contributed by atoms with Crippen LogP contribution in [0, 0.1) is 29.5 Å². The summed E-state index contributed by atoms with van der Waals surface area (Å²) in [5.74, 6) is 7.73. The number of rotatable bonds is 4. The van der Waals surface area contributed by atoms with E-state index in [9.17, 15) is 4.39 Å². The van der Waals surface area contributed by atoms with Crippen molar-refractivity contribution in [2.24, 2.45) is 11.8 Å². The lowest BCUT2D eigenvalue weighted by Crippen LogP contribution is -2.11. The molecule has 2 aromatic rings. The Kier molecular flexibility index (Phi) is 6.61. The van der Waals surface area contributed by atoms with E-state index in [1.54, 1.807) is 12.1 Å². The fourth-order valence-corrected chi connectivity index (χ4v) is 3.36. The first-order valence-electron chi connectivity index (χ1n) is 9.65. The maximum Gasteiger partial charge on any atom is 0.123 e. The van der Waals surface area contributed by atoms with Crippen LogP contribution in [0.3, 0.4) is 0 Å². The highest BCUT2D eigenvalue weighted by atomic mass is 19.1. The Bertz CT molecular complexity index is 770. The molecular formula is C24H26FN. The number of aromatic nitrogens is 1. The van der Waals surface area contributed by atoms with Gasteiger partial charge in [0.1, 0.15) is 5.82 Å². The molecule has 134 valence electrons. The van der Waals surface area contributed by atoms with Crippen molar-refractivity contribution in [2.75, 3.05) is 0 Å². The van der Waals surface area contributed by atoms with E-state index in [0.717, 1.165) is 22.7 Å². The Morgan fingerprint density at radius 3 is 2.50 bits per heavy atom. The van der Waals surface area contributed by atoms with Crippen LogP contribution in [0.1, 0.15) is 51.0 Å². The number of benzene rings is 1. The zero-order chi connectivity index (χ0) is 18.2. The van der Waals surface area contributed by atoms with E-state index < -0.39 is 0 Å². The van der Waals surface area contributed by atoms with Crippen LogP contribution < -0.4 is 0 Å². The molecular weight excluding hydrogens is 321 g/mol. The fraction of sp³-hybridized carbons (Fsp3) is 0.375. The predicted molar refractivity (Wildman–Crippen MR) is 106 cm³/mol. The highest BCUT2D eigenvalue weighted by molar-refractivity contribution is 5.59. The zero-order valence-electron chi connectivity index (χ0n) is 15.4. The molecule has 1 aliphatic rings. The molecule has 1 aromatic carbocycles. The van der Waals surface area contributed by atoms with Gasteiger partial charge in [-0.05, 0) is 74.4 Å². The van der Waals surface area contributed by atoms with E-state index in [2.05, 4.69) is 35.9 Å². The van der Waals surface area contributed by atoms with Gasteiger partial charge in [0.25, 0.3) is 0 Å². The van der Waals surface area contributed by atoms with E-state index in [1.165, 1.54) is 50.7 Å². The summed E-state index contributed by atoms with van der Waals surface area (Å²) in [6.07, 6.45) is 13.9. The van der Waals surface area contributed by atoms with Crippen LogP contribution in [-0.4, -0.2) is 4.98 Å². The Morgan fingerprint density at radius 1 is 1.08 bits per heavy atom. The molecule has 1 fully saturated rings. The first kappa shape index (κ1) is 18.4. The first-order chi connectivity index (χ1) is 12.7. The Hall–Kier alpha value is -2.40. The van der Waals surface area contributed by atoms with Crippen LogP contribution in [0.25, 0.3) is 11.3 Å². The highest BCUT2D eigenvalue weighted by Crippen LogP contribution is 2.29. The zero-order valence-corrected chi connectivity index (χ0v) is 15.4. The van der Waals surface area contributed by atoms with Crippen LogP contribution in [0.2, 0.25) is 0 Å². The molecule has 1 heterocycles. The van der Waals surface area contributed by atoms with Crippen molar-refractivity contribution in [1.82, 2.24) is 4.98 Å². The number of allylic oxidation sites excluding steroid dienone is 2. The van der Waals surface area contributed by atoms with E-state index in [-0.39, 0.29) is 5.82 Å². The molecule has 1 aliphatic carbocycles. The van der Waals surface area contributed by atoms with Gasteiger partial charge >= 0.3 is 0 Å². The van der Waals surface area contributed by atoms with Crippen LogP contribution >= 0.6 is 0 Å². The Balaban J connectivity index is 1.55. The molecule has 0 aliphatic heterocycles.